The Morgan fingerprint density at radius 3 is 2.95 bits per heavy atom. The second kappa shape index (κ2) is 5.66. The molecule has 21 heavy (non-hydrogen) atoms. The lowest BCUT2D eigenvalue weighted by molar-refractivity contribution is -0.139. The normalized spacial score (nSPS) is 12.4. The number of aromatic amines is 1. The van der Waals surface area contributed by atoms with E-state index in [4.69, 9.17) is 0 Å². The molecule has 0 aliphatic carbocycles. The van der Waals surface area contributed by atoms with Crippen LogP contribution in [0.4, 0.5) is 0 Å². The first-order valence-electron chi connectivity index (χ1n) is 6.11. The third-order valence-corrected chi connectivity index (χ3v) is 5.04. The Labute approximate surface area is 127 Å². The van der Waals surface area contributed by atoms with Crippen LogP contribution in [0.2, 0.25) is 0 Å². The minimum Gasteiger partial charge on any atom is -0.480 e. The Kier molecular flexibility index (Phi) is 3.72. The number of carboxylic acid groups (broad SMARTS) is 1. The van der Waals surface area contributed by atoms with E-state index >= 15 is 0 Å². The van der Waals surface area contributed by atoms with Crippen LogP contribution < -0.4 is 5.32 Å². The number of carbonyl (C=O) groups is 2. The number of carboxylic acids is 1. The number of hydrogen-bond acceptors (Lipinski definition) is 5. The van der Waals surface area contributed by atoms with Crippen LogP contribution in [0.3, 0.4) is 0 Å². The summed E-state index contributed by atoms with van der Waals surface area (Å²) in [5.41, 5.74) is 0.662. The van der Waals surface area contributed by atoms with E-state index < -0.39 is 12.0 Å². The molecule has 3 rings (SSSR count). The fraction of sp³-hybridized carbons (Fsp3) is 0.154. The molecule has 0 fully saturated rings. The molecule has 0 aromatic carbocycles. The quantitative estimate of drug-likeness (QED) is 0.671. The van der Waals surface area contributed by atoms with Crippen LogP contribution in [-0.4, -0.2) is 33.0 Å². The van der Waals surface area contributed by atoms with Gasteiger partial charge in [0.25, 0.3) is 5.91 Å². The van der Waals surface area contributed by atoms with Crippen molar-refractivity contribution in [3.05, 3.63) is 40.6 Å². The first kappa shape index (κ1) is 13.8. The van der Waals surface area contributed by atoms with Crippen molar-refractivity contribution in [3.63, 3.8) is 0 Å². The number of rotatable bonds is 5. The molecule has 0 spiro atoms. The SMILES string of the molecule is O=C(N[C@@H](Cc1cnc[nH]1)C(=O)O)c1cc2sccc2s1. The summed E-state index contributed by atoms with van der Waals surface area (Å²) in [5.74, 6) is -1.44. The van der Waals surface area contributed by atoms with E-state index in [2.05, 4.69) is 15.3 Å². The molecule has 108 valence electrons. The summed E-state index contributed by atoms with van der Waals surface area (Å²) in [7, 11) is 0. The predicted octanol–water partition coefficient (Wildman–Crippen LogP) is 2.11. The molecule has 1 atom stereocenters. The number of H-pyrrole nitrogens is 1. The highest BCUT2D eigenvalue weighted by Gasteiger charge is 2.22. The average Bonchev–Trinajstić information content (AvgIpc) is 3.13. The highest BCUT2D eigenvalue weighted by molar-refractivity contribution is 7.27. The third kappa shape index (κ3) is 2.96. The molecule has 3 aromatic heterocycles. The molecule has 0 bridgehead atoms. The van der Waals surface area contributed by atoms with Crippen LogP contribution in [0.25, 0.3) is 9.40 Å². The lowest BCUT2D eigenvalue weighted by Gasteiger charge is -2.12. The Bertz CT molecular complexity index is 747. The molecule has 3 aromatic rings. The Hall–Kier alpha value is -2.19. The monoisotopic (exact) mass is 321 g/mol. The van der Waals surface area contributed by atoms with Gasteiger partial charge in [-0.25, -0.2) is 9.78 Å². The van der Waals surface area contributed by atoms with E-state index in [9.17, 15) is 14.7 Å². The molecule has 0 aliphatic rings. The molecular weight excluding hydrogens is 310 g/mol. The Balaban J connectivity index is 1.74. The van der Waals surface area contributed by atoms with Crippen LogP contribution in [0.15, 0.2) is 30.0 Å². The van der Waals surface area contributed by atoms with Gasteiger partial charge < -0.3 is 15.4 Å². The highest BCUT2D eigenvalue weighted by Crippen LogP contribution is 2.29. The van der Waals surface area contributed by atoms with Crippen LogP contribution in [-0.2, 0) is 11.2 Å². The maximum atomic E-state index is 12.2. The molecule has 3 heterocycles. The first-order chi connectivity index (χ1) is 10.1. The number of nitrogens with one attached hydrogen (secondary N) is 2. The second-order valence-electron chi connectivity index (χ2n) is 4.41. The number of carbonyl (C=O) groups excluding carboxylic acids is 1. The third-order valence-electron chi connectivity index (χ3n) is 2.95. The summed E-state index contributed by atoms with van der Waals surface area (Å²) in [5, 5.41) is 13.7. The number of aromatic nitrogens is 2. The Morgan fingerprint density at radius 2 is 2.29 bits per heavy atom. The maximum absolute atomic E-state index is 12.2. The molecular formula is C13H11N3O3S2. The molecule has 0 saturated carbocycles. The predicted molar refractivity (Wildman–Crippen MR) is 80.9 cm³/mol. The van der Waals surface area contributed by atoms with Crippen molar-refractivity contribution in [3.8, 4) is 0 Å². The summed E-state index contributed by atoms with van der Waals surface area (Å²) >= 11 is 2.91. The lowest BCUT2D eigenvalue weighted by Crippen LogP contribution is -2.42. The van der Waals surface area contributed by atoms with E-state index in [1.165, 1.54) is 17.7 Å². The minimum absolute atomic E-state index is 0.167. The van der Waals surface area contributed by atoms with Gasteiger partial charge in [0.2, 0.25) is 0 Å². The van der Waals surface area contributed by atoms with E-state index in [1.54, 1.807) is 23.6 Å². The molecule has 0 radical (unpaired) electrons. The summed E-state index contributed by atoms with van der Waals surface area (Å²) in [6, 6.07) is 2.74. The van der Waals surface area contributed by atoms with Gasteiger partial charge in [0.1, 0.15) is 6.04 Å². The number of fused-ring (bicyclic) bond motifs is 1. The standard InChI is InChI=1S/C13H11N3O3S2/c17-12(11-4-10-9(21-11)1-2-20-10)16-8(13(18)19)3-7-5-14-6-15-7/h1-2,4-6,8H,3H2,(H,14,15)(H,16,17)(H,18,19)/t8-/m0/s1. The molecule has 3 N–H and O–H groups in total. The zero-order valence-electron chi connectivity index (χ0n) is 10.7. The van der Waals surface area contributed by atoms with E-state index in [-0.39, 0.29) is 12.3 Å². The van der Waals surface area contributed by atoms with Crippen LogP contribution >= 0.6 is 22.7 Å². The van der Waals surface area contributed by atoms with E-state index in [0.29, 0.717) is 10.6 Å². The van der Waals surface area contributed by atoms with Crippen LogP contribution in [0, 0.1) is 0 Å². The number of amides is 1. The van der Waals surface area contributed by atoms with Gasteiger partial charge in [0.15, 0.2) is 0 Å². The topological polar surface area (TPSA) is 95.1 Å². The summed E-state index contributed by atoms with van der Waals surface area (Å²) in [4.78, 5) is 30.6. The van der Waals surface area contributed by atoms with E-state index in [1.807, 2.05) is 11.4 Å². The van der Waals surface area contributed by atoms with Crippen molar-refractivity contribution in [1.29, 1.82) is 0 Å². The van der Waals surface area contributed by atoms with Crippen molar-refractivity contribution < 1.29 is 14.7 Å². The second-order valence-corrected chi connectivity index (χ2v) is 6.44. The zero-order valence-corrected chi connectivity index (χ0v) is 12.3. The summed E-state index contributed by atoms with van der Waals surface area (Å²) in [6.07, 6.45) is 3.19. The molecule has 0 aliphatic heterocycles. The van der Waals surface area contributed by atoms with E-state index in [0.717, 1.165) is 9.40 Å². The fourth-order valence-electron chi connectivity index (χ4n) is 1.92. The van der Waals surface area contributed by atoms with Gasteiger partial charge in [-0.2, -0.15) is 0 Å². The molecule has 8 heteroatoms. The van der Waals surface area contributed by atoms with Gasteiger partial charge in [0, 0.05) is 27.7 Å². The number of aliphatic carboxylic acids is 1. The summed E-state index contributed by atoms with van der Waals surface area (Å²) in [6.45, 7) is 0. The van der Waals surface area contributed by atoms with Gasteiger partial charge >= 0.3 is 5.97 Å². The van der Waals surface area contributed by atoms with Gasteiger partial charge in [-0.1, -0.05) is 0 Å². The van der Waals surface area contributed by atoms with Crippen molar-refractivity contribution in [2.24, 2.45) is 0 Å². The average molecular weight is 321 g/mol. The van der Waals surface area contributed by atoms with Gasteiger partial charge in [0.05, 0.1) is 11.2 Å². The molecule has 6 nitrogen and oxygen atoms in total. The van der Waals surface area contributed by atoms with Gasteiger partial charge in [-0.3, -0.25) is 4.79 Å². The smallest absolute Gasteiger partial charge is 0.326 e. The largest absolute Gasteiger partial charge is 0.480 e. The number of hydrogen-bond donors (Lipinski definition) is 3. The highest BCUT2D eigenvalue weighted by atomic mass is 32.1. The van der Waals surface area contributed by atoms with Gasteiger partial charge in [-0.15, -0.1) is 22.7 Å². The molecule has 1 amide bonds. The first-order valence-corrected chi connectivity index (χ1v) is 7.81. The van der Waals surface area contributed by atoms with Gasteiger partial charge in [-0.05, 0) is 17.5 Å². The van der Waals surface area contributed by atoms with Crippen molar-refractivity contribution in [2.75, 3.05) is 0 Å². The fourth-order valence-corrected chi connectivity index (χ4v) is 3.94. The van der Waals surface area contributed by atoms with Crippen molar-refractivity contribution in [1.82, 2.24) is 15.3 Å². The van der Waals surface area contributed by atoms with Crippen molar-refractivity contribution >= 4 is 43.9 Å². The minimum atomic E-state index is -1.07. The molecule has 0 unspecified atom stereocenters. The number of thiophene rings is 2. The number of imidazole rings is 1. The van der Waals surface area contributed by atoms with Crippen molar-refractivity contribution in [2.45, 2.75) is 12.5 Å². The number of nitrogens with zero attached hydrogens (tertiary/aromatic N) is 1. The molecule has 0 saturated heterocycles. The van der Waals surface area contributed by atoms with Crippen LogP contribution in [0.1, 0.15) is 15.4 Å². The lowest BCUT2D eigenvalue weighted by atomic mass is 10.1. The zero-order chi connectivity index (χ0) is 14.8. The maximum Gasteiger partial charge on any atom is 0.326 e. The summed E-state index contributed by atoms with van der Waals surface area (Å²) < 4.78 is 2.07. The Morgan fingerprint density at radius 1 is 1.43 bits per heavy atom. The van der Waals surface area contributed by atoms with Crippen LogP contribution in [0.5, 0.6) is 0 Å².